The average Bonchev–Trinajstić information content (AvgIpc) is 2.62. The summed E-state index contributed by atoms with van der Waals surface area (Å²) < 4.78 is 0. The van der Waals surface area contributed by atoms with E-state index in [1.54, 1.807) is 0 Å². The summed E-state index contributed by atoms with van der Waals surface area (Å²) in [6, 6.07) is 6.66. The zero-order valence-corrected chi connectivity index (χ0v) is 8.70. The number of halogens is 2. The van der Waals surface area contributed by atoms with Crippen molar-refractivity contribution in [3.05, 3.63) is 28.2 Å². The van der Waals surface area contributed by atoms with Gasteiger partial charge in [-0.25, -0.2) is 0 Å². The summed E-state index contributed by atoms with van der Waals surface area (Å²) in [5.41, 5.74) is 1.04. The molecule has 13 heavy (non-hydrogen) atoms. The molecule has 69 valence electrons. The lowest BCUT2D eigenvalue weighted by Gasteiger charge is -2.19. The van der Waals surface area contributed by atoms with Crippen LogP contribution in [-0.2, 0) is 0 Å². The lowest BCUT2D eigenvalue weighted by Crippen LogP contribution is -2.17. The quantitative estimate of drug-likeness (QED) is 0.693. The van der Waals surface area contributed by atoms with Gasteiger partial charge in [0.1, 0.15) is 0 Å². The monoisotopic (exact) mass is 214 g/mol. The SMILES string of the molecule is Clc1[c]ccc(N2CCCC2)c1Cl. The third-order valence-electron chi connectivity index (χ3n) is 2.32. The first kappa shape index (κ1) is 9.17. The molecule has 1 aliphatic rings. The normalized spacial score (nSPS) is 16.6. The molecule has 0 spiro atoms. The van der Waals surface area contributed by atoms with E-state index >= 15 is 0 Å². The second-order valence-corrected chi connectivity index (χ2v) is 3.94. The maximum absolute atomic E-state index is 6.07. The summed E-state index contributed by atoms with van der Waals surface area (Å²) in [4.78, 5) is 2.27. The van der Waals surface area contributed by atoms with E-state index in [2.05, 4.69) is 11.0 Å². The molecule has 1 aromatic carbocycles. The summed E-state index contributed by atoms with van der Waals surface area (Å²) in [7, 11) is 0. The fourth-order valence-electron chi connectivity index (χ4n) is 1.64. The van der Waals surface area contributed by atoms with Crippen molar-refractivity contribution in [1.82, 2.24) is 0 Å². The van der Waals surface area contributed by atoms with E-state index in [0.29, 0.717) is 10.0 Å². The highest BCUT2D eigenvalue weighted by molar-refractivity contribution is 6.43. The molecule has 0 unspecified atom stereocenters. The largest absolute Gasteiger partial charge is 0.370 e. The fourth-order valence-corrected chi connectivity index (χ4v) is 2.04. The van der Waals surface area contributed by atoms with Crippen molar-refractivity contribution in [2.24, 2.45) is 0 Å². The molecule has 1 fully saturated rings. The van der Waals surface area contributed by atoms with Crippen molar-refractivity contribution in [3.63, 3.8) is 0 Å². The summed E-state index contributed by atoms with van der Waals surface area (Å²) in [6.45, 7) is 2.17. The Kier molecular flexibility index (Phi) is 2.66. The first-order valence-corrected chi connectivity index (χ1v) is 5.15. The Balaban J connectivity index is 2.33. The number of benzene rings is 1. The van der Waals surface area contributed by atoms with E-state index in [4.69, 9.17) is 23.2 Å². The van der Waals surface area contributed by atoms with Crippen molar-refractivity contribution in [1.29, 1.82) is 0 Å². The lowest BCUT2D eigenvalue weighted by atomic mass is 10.3. The van der Waals surface area contributed by atoms with Crippen LogP contribution in [0.1, 0.15) is 12.8 Å². The van der Waals surface area contributed by atoms with Crippen molar-refractivity contribution in [2.45, 2.75) is 12.8 Å². The van der Waals surface area contributed by atoms with Gasteiger partial charge in [0.2, 0.25) is 0 Å². The van der Waals surface area contributed by atoms with Crippen molar-refractivity contribution in [2.75, 3.05) is 18.0 Å². The topological polar surface area (TPSA) is 3.24 Å². The summed E-state index contributed by atoms with van der Waals surface area (Å²) in [5, 5.41) is 1.15. The second kappa shape index (κ2) is 3.77. The zero-order chi connectivity index (χ0) is 9.26. The van der Waals surface area contributed by atoms with E-state index in [1.807, 2.05) is 12.1 Å². The lowest BCUT2D eigenvalue weighted by molar-refractivity contribution is 0.949. The van der Waals surface area contributed by atoms with Crippen LogP contribution in [0, 0.1) is 6.07 Å². The van der Waals surface area contributed by atoms with Gasteiger partial charge in [-0.1, -0.05) is 29.3 Å². The van der Waals surface area contributed by atoms with Crippen LogP contribution in [0.25, 0.3) is 0 Å². The molecule has 0 aromatic heterocycles. The molecule has 0 atom stereocenters. The molecule has 1 aromatic rings. The minimum Gasteiger partial charge on any atom is -0.370 e. The van der Waals surface area contributed by atoms with Crippen LogP contribution in [0.15, 0.2) is 12.1 Å². The molecule has 0 saturated carbocycles. The molecule has 0 bridgehead atoms. The van der Waals surface area contributed by atoms with Crippen molar-refractivity contribution in [3.8, 4) is 0 Å². The molecule has 2 rings (SSSR count). The Hall–Kier alpha value is -0.400. The van der Waals surface area contributed by atoms with Crippen LogP contribution in [0.2, 0.25) is 10.0 Å². The van der Waals surface area contributed by atoms with Crippen LogP contribution in [-0.4, -0.2) is 13.1 Å². The average molecular weight is 215 g/mol. The highest BCUT2D eigenvalue weighted by Crippen LogP contribution is 2.33. The Bertz CT molecular complexity index is 306. The number of nitrogens with zero attached hydrogens (tertiary/aromatic N) is 1. The van der Waals surface area contributed by atoms with Gasteiger partial charge in [0.05, 0.1) is 15.7 Å². The fraction of sp³-hybridized carbons (Fsp3) is 0.400. The smallest absolute Gasteiger partial charge is 0.0832 e. The number of hydrogen-bond acceptors (Lipinski definition) is 1. The molecule has 1 nitrogen and oxygen atoms in total. The second-order valence-electron chi connectivity index (χ2n) is 3.19. The van der Waals surface area contributed by atoms with E-state index < -0.39 is 0 Å². The predicted molar refractivity (Wildman–Crippen MR) is 56.7 cm³/mol. The molecule has 1 aliphatic heterocycles. The Morgan fingerprint density at radius 2 is 1.92 bits per heavy atom. The van der Waals surface area contributed by atoms with Crippen molar-refractivity contribution >= 4 is 28.9 Å². The molecule has 3 heteroatoms. The van der Waals surface area contributed by atoms with Crippen molar-refractivity contribution < 1.29 is 0 Å². The van der Waals surface area contributed by atoms with Gasteiger partial charge in [-0.05, 0) is 18.9 Å². The van der Waals surface area contributed by atoms with Gasteiger partial charge in [-0.2, -0.15) is 0 Å². The molecular weight excluding hydrogens is 205 g/mol. The van der Waals surface area contributed by atoms with Crippen LogP contribution in [0.3, 0.4) is 0 Å². The van der Waals surface area contributed by atoms with Gasteiger partial charge in [0, 0.05) is 19.2 Å². The third-order valence-corrected chi connectivity index (χ3v) is 3.09. The third kappa shape index (κ3) is 1.77. The van der Waals surface area contributed by atoms with Gasteiger partial charge in [-0.3, -0.25) is 0 Å². The molecule has 1 heterocycles. The molecule has 1 saturated heterocycles. The van der Waals surface area contributed by atoms with E-state index in [9.17, 15) is 0 Å². The van der Waals surface area contributed by atoms with Gasteiger partial charge in [0.25, 0.3) is 0 Å². The number of anilines is 1. The number of hydrogen-bond donors (Lipinski definition) is 0. The van der Waals surface area contributed by atoms with E-state index in [1.165, 1.54) is 12.8 Å². The Morgan fingerprint density at radius 1 is 1.23 bits per heavy atom. The van der Waals surface area contributed by atoms with Gasteiger partial charge >= 0.3 is 0 Å². The minimum atomic E-state index is 0.520. The maximum Gasteiger partial charge on any atom is 0.0832 e. The van der Waals surface area contributed by atoms with Gasteiger partial charge in [0.15, 0.2) is 0 Å². The van der Waals surface area contributed by atoms with Crippen LogP contribution in [0.4, 0.5) is 5.69 Å². The first-order chi connectivity index (χ1) is 6.29. The van der Waals surface area contributed by atoms with Gasteiger partial charge in [-0.15, -0.1) is 0 Å². The van der Waals surface area contributed by atoms with Gasteiger partial charge < -0.3 is 4.90 Å². The summed E-state index contributed by atoms with van der Waals surface area (Å²) in [5.74, 6) is 0. The zero-order valence-electron chi connectivity index (χ0n) is 7.19. The van der Waals surface area contributed by atoms with E-state index in [-0.39, 0.29) is 0 Å². The predicted octanol–water partition coefficient (Wildman–Crippen LogP) is 3.39. The molecule has 0 N–H and O–H groups in total. The van der Waals surface area contributed by atoms with Crippen LogP contribution < -0.4 is 4.90 Å². The first-order valence-electron chi connectivity index (χ1n) is 4.39. The minimum absolute atomic E-state index is 0.520. The molecule has 0 aliphatic carbocycles. The molecular formula is C10H10Cl2N. The molecule has 1 radical (unpaired) electrons. The summed E-state index contributed by atoms with van der Waals surface area (Å²) >= 11 is 11.9. The maximum atomic E-state index is 6.07. The van der Waals surface area contributed by atoms with Crippen LogP contribution >= 0.6 is 23.2 Å². The highest BCUT2D eigenvalue weighted by Gasteiger charge is 2.15. The Labute approximate surface area is 88.3 Å². The molecule has 0 amide bonds. The number of rotatable bonds is 1. The highest BCUT2D eigenvalue weighted by atomic mass is 35.5. The Morgan fingerprint density at radius 3 is 2.62 bits per heavy atom. The van der Waals surface area contributed by atoms with E-state index in [0.717, 1.165) is 18.8 Å². The standard InChI is InChI=1S/C10H10Cl2N/c11-8-4-3-5-9(10(8)12)13-6-1-2-7-13/h3,5H,1-2,6-7H2. The summed E-state index contributed by atoms with van der Waals surface area (Å²) in [6.07, 6.45) is 2.49. The van der Waals surface area contributed by atoms with Crippen LogP contribution in [0.5, 0.6) is 0 Å².